The van der Waals surface area contributed by atoms with Gasteiger partial charge in [0.15, 0.2) is 0 Å². The van der Waals surface area contributed by atoms with E-state index in [1.807, 2.05) is 41.9 Å². The molecule has 0 bridgehead atoms. The zero-order valence-electron chi connectivity index (χ0n) is 12.0. The number of para-hydroxylation sites is 1. The molecule has 1 aromatic heterocycles. The fourth-order valence-corrected chi connectivity index (χ4v) is 2.97. The van der Waals surface area contributed by atoms with E-state index in [0.29, 0.717) is 5.75 Å². The van der Waals surface area contributed by atoms with Crippen LogP contribution in [0.4, 0.5) is 0 Å². The molecule has 5 heteroatoms. The van der Waals surface area contributed by atoms with Gasteiger partial charge in [0.1, 0.15) is 5.03 Å². The molecule has 0 amide bonds. The lowest BCUT2D eigenvalue weighted by Gasteiger charge is -2.09. The van der Waals surface area contributed by atoms with Crippen molar-refractivity contribution in [2.75, 3.05) is 18.9 Å². The molecule has 2 N–H and O–H groups in total. The Morgan fingerprint density at radius 2 is 2.05 bits per heavy atom. The lowest BCUT2D eigenvalue weighted by Crippen LogP contribution is -2.13. The summed E-state index contributed by atoms with van der Waals surface area (Å²) in [6.45, 7) is 6.04. The largest absolute Gasteiger partial charge is 0.396 e. The number of nitrogens with one attached hydrogen (secondary N) is 1. The van der Waals surface area contributed by atoms with Gasteiger partial charge < -0.3 is 10.4 Å². The smallest absolute Gasteiger partial charge is 0.105 e. The molecule has 0 atom stereocenters. The molecule has 0 fully saturated rings. The van der Waals surface area contributed by atoms with Crippen LogP contribution in [0.2, 0.25) is 0 Å². The second kappa shape index (κ2) is 7.47. The molecule has 0 radical (unpaired) electrons. The third kappa shape index (κ3) is 3.42. The highest BCUT2D eigenvalue weighted by Gasteiger charge is 2.16. The molecule has 1 heterocycles. The standard InChI is InChI=1S/C15H21N3OS/c1-3-16-11-14-12(2)17-18(15(14)20-10-9-19)13-7-5-4-6-8-13/h4-8,16,19H,3,9-11H2,1-2H3. The van der Waals surface area contributed by atoms with Gasteiger partial charge in [-0.05, 0) is 25.6 Å². The number of nitrogens with zero attached hydrogens (tertiary/aromatic N) is 2. The van der Waals surface area contributed by atoms with Crippen LogP contribution in [0.15, 0.2) is 35.4 Å². The average Bonchev–Trinajstić information content (AvgIpc) is 2.80. The molecule has 2 aromatic rings. The van der Waals surface area contributed by atoms with E-state index in [1.54, 1.807) is 11.8 Å². The Kier molecular flexibility index (Phi) is 5.64. The van der Waals surface area contributed by atoms with E-state index < -0.39 is 0 Å². The topological polar surface area (TPSA) is 50.1 Å². The SMILES string of the molecule is CCNCc1c(C)nn(-c2ccccc2)c1SCCO. The minimum Gasteiger partial charge on any atom is -0.396 e. The molecule has 0 unspecified atom stereocenters. The lowest BCUT2D eigenvalue weighted by molar-refractivity contribution is 0.322. The summed E-state index contributed by atoms with van der Waals surface area (Å²) in [6.07, 6.45) is 0. The van der Waals surface area contributed by atoms with Crippen LogP contribution >= 0.6 is 11.8 Å². The van der Waals surface area contributed by atoms with Crippen molar-refractivity contribution >= 4 is 11.8 Å². The van der Waals surface area contributed by atoms with E-state index in [9.17, 15) is 0 Å². The predicted molar refractivity (Wildman–Crippen MR) is 83.5 cm³/mol. The Labute approximate surface area is 124 Å². The van der Waals surface area contributed by atoms with Crippen molar-refractivity contribution in [3.63, 3.8) is 0 Å². The van der Waals surface area contributed by atoms with Crippen LogP contribution in [-0.2, 0) is 6.54 Å². The fourth-order valence-electron chi connectivity index (χ4n) is 2.03. The van der Waals surface area contributed by atoms with Crippen molar-refractivity contribution < 1.29 is 5.11 Å². The van der Waals surface area contributed by atoms with Crippen LogP contribution in [0.1, 0.15) is 18.2 Å². The fraction of sp³-hybridized carbons (Fsp3) is 0.400. The maximum absolute atomic E-state index is 9.10. The van der Waals surface area contributed by atoms with Crippen molar-refractivity contribution in [1.82, 2.24) is 15.1 Å². The second-order valence-electron chi connectivity index (χ2n) is 4.47. The van der Waals surface area contributed by atoms with Gasteiger partial charge >= 0.3 is 0 Å². The highest BCUT2D eigenvalue weighted by Crippen LogP contribution is 2.28. The summed E-state index contributed by atoms with van der Waals surface area (Å²) in [4.78, 5) is 0. The van der Waals surface area contributed by atoms with E-state index in [1.165, 1.54) is 5.56 Å². The maximum atomic E-state index is 9.10. The molecule has 0 aliphatic rings. The van der Waals surface area contributed by atoms with Crippen molar-refractivity contribution in [2.45, 2.75) is 25.4 Å². The molecule has 1 aromatic carbocycles. The quantitative estimate of drug-likeness (QED) is 0.769. The minimum atomic E-state index is 0.171. The zero-order valence-corrected chi connectivity index (χ0v) is 12.8. The van der Waals surface area contributed by atoms with Gasteiger partial charge in [-0.25, -0.2) is 4.68 Å². The van der Waals surface area contributed by atoms with Gasteiger partial charge in [0.25, 0.3) is 0 Å². The third-order valence-electron chi connectivity index (χ3n) is 3.02. The third-order valence-corrected chi connectivity index (χ3v) is 4.10. The summed E-state index contributed by atoms with van der Waals surface area (Å²) in [5.41, 5.74) is 3.31. The molecule has 20 heavy (non-hydrogen) atoms. The van der Waals surface area contributed by atoms with Gasteiger partial charge in [0, 0.05) is 17.9 Å². The van der Waals surface area contributed by atoms with Gasteiger partial charge in [0.05, 0.1) is 18.0 Å². The van der Waals surface area contributed by atoms with E-state index in [4.69, 9.17) is 5.11 Å². The van der Waals surface area contributed by atoms with E-state index >= 15 is 0 Å². The molecule has 0 saturated carbocycles. The molecular weight excluding hydrogens is 270 g/mol. The van der Waals surface area contributed by atoms with Crippen LogP contribution in [0.3, 0.4) is 0 Å². The summed E-state index contributed by atoms with van der Waals surface area (Å²) in [5, 5.41) is 18.2. The molecular formula is C15H21N3OS. The summed E-state index contributed by atoms with van der Waals surface area (Å²) < 4.78 is 1.97. The number of aromatic nitrogens is 2. The van der Waals surface area contributed by atoms with Crippen molar-refractivity contribution in [1.29, 1.82) is 0 Å². The Morgan fingerprint density at radius 1 is 1.30 bits per heavy atom. The minimum absolute atomic E-state index is 0.171. The maximum Gasteiger partial charge on any atom is 0.105 e. The number of rotatable bonds is 7. The van der Waals surface area contributed by atoms with Crippen molar-refractivity contribution in [2.24, 2.45) is 0 Å². The van der Waals surface area contributed by atoms with E-state index in [-0.39, 0.29) is 6.61 Å². The highest BCUT2D eigenvalue weighted by molar-refractivity contribution is 7.99. The number of thioether (sulfide) groups is 1. The van der Waals surface area contributed by atoms with E-state index in [0.717, 1.165) is 29.5 Å². The monoisotopic (exact) mass is 291 g/mol. The van der Waals surface area contributed by atoms with Gasteiger partial charge in [-0.2, -0.15) is 5.10 Å². The molecule has 0 aliphatic heterocycles. The van der Waals surface area contributed by atoms with Gasteiger partial charge in [-0.3, -0.25) is 0 Å². The van der Waals surface area contributed by atoms with Crippen LogP contribution in [0.25, 0.3) is 5.69 Å². The first kappa shape index (κ1) is 15.1. The second-order valence-corrected chi connectivity index (χ2v) is 5.55. The normalized spacial score (nSPS) is 10.9. The van der Waals surface area contributed by atoms with Gasteiger partial charge in [-0.1, -0.05) is 25.1 Å². The number of aryl methyl sites for hydroxylation is 1. The van der Waals surface area contributed by atoms with Crippen LogP contribution < -0.4 is 5.32 Å². The number of aliphatic hydroxyl groups is 1. The van der Waals surface area contributed by atoms with Crippen molar-refractivity contribution in [3.8, 4) is 5.69 Å². The molecule has 0 saturated heterocycles. The number of benzene rings is 1. The summed E-state index contributed by atoms with van der Waals surface area (Å²) in [6, 6.07) is 10.1. The zero-order chi connectivity index (χ0) is 14.4. The van der Waals surface area contributed by atoms with Crippen molar-refractivity contribution in [3.05, 3.63) is 41.6 Å². The highest BCUT2D eigenvalue weighted by atomic mass is 32.2. The predicted octanol–water partition coefficient (Wildman–Crippen LogP) is 2.37. The summed E-state index contributed by atoms with van der Waals surface area (Å²) in [7, 11) is 0. The van der Waals surface area contributed by atoms with E-state index in [2.05, 4.69) is 17.3 Å². The average molecular weight is 291 g/mol. The number of aliphatic hydroxyl groups excluding tert-OH is 1. The molecule has 0 aliphatic carbocycles. The Bertz CT molecular complexity index is 540. The molecule has 2 rings (SSSR count). The Morgan fingerprint density at radius 3 is 2.70 bits per heavy atom. The van der Waals surface area contributed by atoms with Crippen LogP contribution in [0, 0.1) is 6.92 Å². The first-order valence-corrected chi connectivity index (χ1v) is 7.84. The first-order chi connectivity index (χ1) is 9.77. The summed E-state index contributed by atoms with van der Waals surface area (Å²) in [5.74, 6) is 0.678. The van der Waals surface area contributed by atoms with Crippen LogP contribution in [-0.4, -0.2) is 33.8 Å². The van der Waals surface area contributed by atoms with Gasteiger partial charge in [-0.15, -0.1) is 11.8 Å². The summed E-state index contributed by atoms with van der Waals surface area (Å²) >= 11 is 1.65. The molecule has 0 spiro atoms. The molecule has 108 valence electrons. The van der Waals surface area contributed by atoms with Crippen LogP contribution in [0.5, 0.6) is 0 Å². The number of hydrogen-bond acceptors (Lipinski definition) is 4. The first-order valence-electron chi connectivity index (χ1n) is 6.86. The molecule has 4 nitrogen and oxygen atoms in total. The Hall–Kier alpha value is -1.30. The number of hydrogen-bond donors (Lipinski definition) is 2. The van der Waals surface area contributed by atoms with Gasteiger partial charge in [0.2, 0.25) is 0 Å². The lowest BCUT2D eigenvalue weighted by atomic mass is 10.2. The Balaban J connectivity index is 2.40.